The first kappa shape index (κ1) is 11.3. The van der Waals surface area contributed by atoms with Gasteiger partial charge in [-0.1, -0.05) is 39.8 Å². The summed E-state index contributed by atoms with van der Waals surface area (Å²) in [5, 5.41) is 9.87. The number of nitrogens with zero attached hydrogens (tertiary/aromatic N) is 3. The highest BCUT2D eigenvalue weighted by Gasteiger charge is 2.07. The third-order valence-corrected chi connectivity index (χ3v) is 2.91. The van der Waals surface area contributed by atoms with Gasteiger partial charge in [0.25, 0.3) is 0 Å². The number of aromatic hydroxyl groups is 1. The highest BCUT2D eigenvalue weighted by molar-refractivity contribution is 9.10. The van der Waals surface area contributed by atoms with Gasteiger partial charge in [0.15, 0.2) is 11.0 Å². The summed E-state index contributed by atoms with van der Waals surface area (Å²) in [6, 6.07) is 7.32. The van der Waals surface area contributed by atoms with E-state index in [0.717, 1.165) is 10.0 Å². The third kappa shape index (κ3) is 2.51. The average molecular weight is 298 g/mol. The Bertz CT molecular complexity index is 521. The number of hydrogen-bond donors (Lipinski definition) is 1. The first-order chi connectivity index (χ1) is 7.69. The van der Waals surface area contributed by atoms with Gasteiger partial charge in [-0.2, -0.15) is 9.97 Å². The minimum atomic E-state index is -0.255. The molecule has 1 aromatic heterocycles. The molecule has 1 heterocycles. The third-order valence-electron chi connectivity index (χ3n) is 1.87. The van der Waals surface area contributed by atoms with E-state index in [2.05, 4.69) is 30.9 Å². The lowest BCUT2D eigenvalue weighted by molar-refractivity contribution is 0.421. The molecule has 0 spiro atoms. The Morgan fingerprint density at radius 2 is 2.06 bits per heavy atom. The van der Waals surface area contributed by atoms with E-state index in [9.17, 15) is 5.11 Å². The zero-order valence-corrected chi connectivity index (χ0v) is 10.8. The van der Waals surface area contributed by atoms with Gasteiger partial charge in [0.2, 0.25) is 0 Å². The molecule has 0 saturated heterocycles. The first-order valence-electron chi connectivity index (χ1n) is 4.44. The molecule has 6 heteroatoms. The van der Waals surface area contributed by atoms with Crippen LogP contribution < -0.4 is 0 Å². The van der Waals surface area contributed by atoms with Crippen molar-refractivity contribution in [3.05, 3.63) is 28.7 Å². The Kier molecular flexibility index (Phi) is 3.40. The summed E-state index contributed by atoms with van der Waals surface area (Å²) in [5.74, 6) is 0.471. The van der Waals surface area contributed by atoms with Crippen LogP contribution in [0.2, 0.25) is 0 Å². The van der Waals surface area contributed by atoms with Crippen LogP contribution in [-0.4, -0.2) is 26.3 Å². The standard InChI is InChI=1S/C10H8BrN3OS/c1-16-10-13-8(12-9(15)14-10)6-3-2-4-7(11)5-6/h2-5H,1H3,(H,12,13,14,15). The van der Waals surface area contributed by atoms with E-state index in [-0.39, 0.29) is 6.01 Å². The average Bonchev–Trinajstić information content (AvgIpc) is 2.28. The predicted molar refractivity (Wildman–Crippen MR) is 66.4 cm³/mol. The van der Waals surface area contributed by atoms with Crippen LogP contribution in [0.3, 0.4) is 0 Å². The van der Waals surface area contributed by atoms with E-state index >= 15 is 0 Å². The predicted octanol–water partition coefficient (Wildman–Crippen LogP) is 2.73. The minimum absolute atomic E-state index is 0.255. The summed E-state index contributed by atoms with van der Waals surface area (Å²) >= 11 is 4.74. The summed E-state index contributed by atoms with van der Waals surface area (Å²) < 4.78 is 0.940. The van der Waals surface area contributed by atoms with Crippen LogP contribution in [0.1, 0.15) is 0 Å². The fourth-order valence-corrected chi connectivity index (χ4v) is 1.94. The van der Waals surface area contributed by atoms with Crippen molar-refractivity contribution in [3.63, 3.8) is 0 Å². The van der Waals surface area contributed by atoms with Crippen LogP contribution in [0, 0.1) is 0 Å². The lowest BCUT2D eigenvalue weighted by Gasteiger charge is -2.02. The van der Waals surface area contributed by atoms with Crippen molar-refractivity contribution in [2.24, 2.45) is 0 Å². The molecule has 0 unspecified atom stereocenters. The number of thioether (sulfide) groups is 1. The molecule has 1 aromatic carbocycles. The fourth-order valence-electron chi connectivity index (χ4n) is 1.19. The molecular formula is C10H8BrN3OS. The second-order valence-corrected chi connectivity index (χ2v) is 4.65. The van der Waals surface area contributed by atoms with Crippen molar-refractivity contribution in [2.45, 2.75) is 5.16 Å². The van der Waals surface area contributed by atoms with E-state index in [4.69, 9.17) is 0 Å². The molecular weight excluding hydrogens is 290 g/mol. The quantitative estimate of drug-likeness (QED) is 0.864. The van der Waals surface area contributed by atoms with Gasteiger partial charge in [-0.05, 0) is 18.4 Å². The minimum Gasteiger partial charge on any atom is -0.479 e. The normalized spacial score (nSPS) is 10.4. The van der Waals surface area contributed by atoms with E-state index in [1.807, 2.05) is 30.5 Å². The zero-order chi connectivity index (χ0) is 11.5. The molecule has 0 aliphatic carbocycles. The number of rotatable bonds is 2. The number of halogens is 1. The number of aromatic nitrogens is 3. The lowest BCUT2D eigenvalue weighted by atomic mass is 10.2. The van der Waals surface area contributed by atoms with E-state index in [1.54, 1.807) is 0 Å². The van der Waals surface area contributed by atoms with Crippen LogP contribution in [0.4, 0.5) is 0 Å². The Morgan fingerprint density at radius 3 is 2.75 bits per heavy atom. The topological polar surface area (TPSA) is 58.9 Å². The van der Waals surface area contributed by atoms with Crippen molar-refractivity contribution in [1.82, 2.24) is 15.0 Å². The Labute approximate surface area is 105 Å². The number of hydrogen-bond acceptors (Lipinski definition) is 5. The number of benzene rings is 1. The molecule has 0 atom stereocenters. The summed E-state index contributed by atoms with van der Waals surface area (Å²) in [5.41, 5.74) is 0.836. The smallest absolute Gasteiger partial charge is 0.318 e. The zero-order valence-electron chi connectivity index (χ0n) is 8.38. The second-order valence-electron chi connectivity index (χ2n) is 2.96. The maximum absolute atomic E-state index is 9.37. The van der Waals surface area contributed by atoms with Crippen LogP contribution in [-0.2, 0) is 0 Å². The van der Waals surface area contributed by atoms with Crippen molar-refractivity contribution in [3.8, 4) is 17.4 Å². The van der Waals surface area contributed by atoms with Gasteiger partial charge >= 0.3 is 6.01 Å². The largest absolute Gasteiger partial charge is 0.479 e. The molecule has 0 amide bonds. The highest BCUT2D eigenvalue weighted by atomic mass is 79.9. The van der Waals surface area contributed by atoms with E-state index in [0.29, 0.717) is 11.0 Å². The van der Waals surface area contributed by atoms with Crippen LogP contribution in [0.15, 0.2) is 33.9 Å². The molecule has 0 radical (unpaired) electrons. The highest BCUT2D eigenvalue weighted by Crippen LogP contribution is 2.22. The Balaban J connectivity index is 2.51. The fraction of sp³-hybridized carbons (Fsp3) is 0.100. The molecule has 16 heavy (non-hydrogen) atoms. The molecule has 0 bridgehead atoms. The van der Waals surface area contributed by atoms with Crippen molar-refractivity contribution < 1.29 is 5.11 Å². The van der Waals surface area contributed by atoms with Gasteiger partial charge in [0, 0.05) is 10.0 Å². The van der Waals surface area contributed by atoms with Gasteiger partial charge in [0.1, 0.15) is 0 Å². The van der Waals surface area contributed by atoms with Gasteiger partial charge in [0.05, 0.1) is 0 Å². The monoisotopic (exact) mass is 297 g/mol. The molecule has 4 nitrogen and oxygen atoms in total. The molecule has 2 aromatic rings. The van der Waals surface area contributed by atoms with E-state index in [1.165, 1.54) is 11.8 Å². The summed E-state index contributed by atoms with van der Waals surface area (Å²) in [6.07, 6.45) is 1.85. The van der Waals surface area contributed by atoms with Gasteiger partial charge in [-0.3, -0.25) is 0 Å². The Hall–Kier alpha value is -1.14. The molecule has 0 aliphatic rings. The molecule has 82 valence electrons. The van der Waals surface area contributed by atoms with E-state index < -0.39 is 0 Å². The molecule has 0 saturated carbocycles. The lowest BCUT2D eigenvalue weighted by Crippen LogP contribution is -1.94. The molecule has 2 rings (SSSR count). The van der Waals surface area contributed by atoms with Crippen LogP contribution in [0.5, 0.6) is 6.01 Å². The summed E-state index contributed by atoms with van der Waals surface area (Å²) in [4.78, 5) is 11.9. The summed E-state index contributed by atoms with van der Waals surface area (Å²) in [7, 11) is 0. The van der Waals surface area contributed by atoms with Crippen molar-refractivity contribution >= 4 is 27.7 Å². The maximum Gasteiger partial charge on any atom is 0.318 e. The molecule has 0 aliphatic heterocycles. The second kappa shape index (κ2) is 4.80. The van der Waals surface area contributed by atoms with Gasteiger partial charge in [-0.15, -0.1) is 0 Å². The van der Waals surface area contributed by atoms with Crippen molar-refractivity contribution in [1.29, 1.82) is 0 Å². The SMILES string of the molecule is CSc1nc(O)nc(-c2cccc(Br)c2)n1. The van der Waals surface area contributed by atoms with Crippen LogP contribution >= 0.6 is 27.7 Å². The maximum atomic E-state index is 9.37. The van der Waals surface area contributed by atoms with Gasteiger partial charge in [-0.25, -0.2) is 4.98 Å². The molecule has 0 fully saturated rings. The first-order valence-corrected chi connectivity index (χ1v) is 6.46. The van der Waals surface area contributed by atoms with Gasteiger partial charge < -0.3 is 5.11 Å². The Morgan fingerprint density at radius 1 is 1.25 bits per heavy atom. The summed E-state index contributed by atoms with van der Waals surface area (Å²) in [6.45, 7) is 0. The molecule has 1 N–H and O–H groups in total. The van der Waals surface area contributed by atoms with Crippen LogP contribution in [0.25, 0.3) is 11.4 Å². The van der Waals surface area contributed by atoms with Crippen molar-refractivity contribution in [2.75, 3.05) is 6.26 Å².